The van der Waals surface area contributed by atoms with Crippen LogP contribution in [0, 0.1) is 5.41 Å². The van der Waals surface area contributed by atoms with Crippen molar-refractivity contribution in [3.63, 3.8) is 0 Å². The Morgan fingerprint density at radius 2 is 1.90 bits per heavy atom. The van der Waals surface area contributed by atoms with Crippen LogP contribution in [0.3, 0.4) is 0 Å². The van der Waals surface area contributed by atoms with E-state index in [1.54, 1.807) is 6.92 Å². The molecule has 21 heavy (non-hydrogen) atoms. The molecule has 0 spiro atoms. The highest BCUT2D eigenvalue weighted by molar-refractivity contribution is 6.04. The van der Waals surface area contributed by atoms with E-state index >= 15 is 0 Å². The standard InChI is InChI=1S/C14H20N2O5/c1-9-13(21)15-10(17)8-16(9)11(18)6-14(7-12(19)20)4-2-3-5-14/h9H,2-8H2,1H3,(H,19,20)(H,15,17,21). The van der Waals surface area contributed by atoms with Crippen LogP contribution in [0.5, 0.6) is 0 Å². The number of amides is 3. The van der Waals surface area contributed by atoms with Gasteiger partial charge in [0, 0.05) is 6.42 Å². The Morgan fingerprint density at radius 1 is 1.29 bits per heavy atom. The van der Waals surface area contributed by atoms with Gasteiger partial charge in [-0.3, -0.25) is 24.5 Å². The number of hydrogen-bond acceptors (Lipinski definition) is 4. The van der Waals surface area contributed by atoms with E-state index in [1.807, 2.05) is 0 Å². The Kier molecular flexibility index (Phi) is 4.29. The molecule has 2 aliphatic rings. The lowest BCUT2D eigenvalue weighted by Crippen LogP contribution is -2.59. The molecule has 1 saturated carbocycles. The summed E-state index contributed by atoms with van der Waals surface area (Å²) in [6, 6.07) is -0.696. The van der Waals surface area contributed by atoms with Crippen LogP contribution in [0.25, 0.3) is 0 Å². The highest BCUT2D eigenvalue weighted by atomic mass is 16.4. The van der Waals surface area contributed by atoms with E-state index in [2.05, 4.69) is 5.32 Å². The van der Waals surface area contributed by atoms with Crippen molar-refractivity contribution >= 4 is 23.7 Å². The van der Waals surface area contributed by atoms with Crippen molar-refractivity contribution in [2.24, 2.45) is 5.41 Å². The first-order chi connectivity index (χ1) is 9.83. The van der Waals surface area contributed by atoms with Crippen molar-refractivity contribution in [3.8, 4) is 0 Å². The first-order valence-electron chi connectivity index (χ1n) is 7.18. The molecular formula is C14H20N2O5. The van der Waals surface area contributed by atoms with Crippen molar-refractivity contribution < 1.29 is 24.3 Å². The second-order valence-corrected chi connectivity index (χ2v) is 6.06. The Bertz CT molecular complexity index is 482. The summed E-state index contributed by atoms with van der Waals surface area (Å²) in [5, 5.41) is 11.2. The van der Waals surface area contributed by atoms with Crippen molar-refractivity contribution in [3.05, 3.63) is 0 Å². The first-order valence-corrected chi connectivity index (χ1v) is 7.18. The summed E-state index contributed by atoms with van der Waals surface area (Å²) in [7, 11) is 0. The molecule has 7 nitrogen and oxygen atoms in total. The van der Waals surface area contributed by atoms with Gasteiger partial charge >= 0.3 is 5.97 Å². The Balaban J connectivity index is 2.09. The summed E-state index contributed by atoms with van der Waals surface area (Å²) in [4.78, 5) is 47.7. The van der Waals surface area contributed by atoms with Gasteiger partial charge in [-0.25, -0.2) is 0 Å². The van der Waals surface area contributed by atoms with Gasteiger partial charge in [-0.15, -0.1) is 0 Å². The zero-order chi connectivity index (χ0) is 15.6. The Labute approximate surface area is 122 Å². The van der Waals surface area contributed by atoms with Gasteiger partial charge in [0.15, 0.2) is 0 Å². The minimum atomic E-state index is -0.912. The van der Waals surface area contributed by atoms with Gasteiger partial charge in [0.05, 0.1) is 6.42 Å². The van der Waals surface area contributed by atoms with Crippen LogP contribution in [-0.2, 0) is 19.2 Å². The van der Waals surface area contributed by atoms with E-state index < -0.39 is 29.2 Å². The molecule has 7 heteroatoms. The fourth-order valence-corrected chi connectivity index (χ4v) is 3.30. The van der Waals surface area contributed by atoms with E-state index in [1.165, 1.54) is 4.90 Å². The lowest BCUT2D eigenvalue weighted by atomic mass is 9.79. The molecule has 1 aliphatic carbocycles. The normalized spacial score (nSPS) is 24.8. The van der Waals surface area contributed by atoms with Crippen LogP contribution in [0.2, 0.25) is 0 Å². The van der Waals surface area contributed by atoms with Gasteiger partial charge in [0.25, 0.3) is 0 Å². The average molecular weight is 296 g/mol. The predicted molar refractivity (Wildman–Crippen MR) is 72.1 cm³/mol. The minimum Gasteiger partial charge on any atom is -0.481 e. The topological polar surface area (TPSA) is 104 Å². The van der Waals surface area contributed by atoms with E-state index in [4.69, 9.17) is 5.11 Å². The summed E-state index contributed by atoms with van der Waals surface area (Å²) in [5.74, 6) is -2.21. The molecule has 3 amide bonds. The quantitative estimate of drug-likeness (QED) is 0.725. The van der Waals surface area contributed by atoms with E-state index in [0.717, 1.165) is 12.8 Å². The highest BCUT2D eigenvalue weighted by Gasteiger charge is 2.41. The van der Waals surface area contributed by atoms with Gasteiger partial charge in [-0.2, -0.15) is 0 Å². The number of carboxylic acid groups (broad SMARTS) is 1. The van der Waals surface area contributed by atoms with Gasteiger partial charge in [-0.1, -0.05) is 12.8 Å². The molecule has 0 aromatic carbocycles. The van der Waals surface area contributed by atoms with Crippen LogP contribution in [0.4, 0.5) is 0 Å². The van der Waals surface area contributed by atoms with Crippen LogP contribution in [0.15, 0.2) is 0 Å². The smallest absolute Gasteiger partial charge is 0.303 e. The average Bonchev–Trinajstić information content (AvgIpc) is 2.80. The molecule has 1 unspecified atom stereocenters. The molecule has 1 heterocycles. The fourth-order valence-electron chi connectivity index (χ4n) is 3.30. The van der Waals surface area contributed by atoms with Gasteiger partial charge in [0.2, 0.25) is 17.7 Å². The van der Waals surface area contributed by atoms with Crippen LogP contribution >= 0.6 is 0 Å². The van der Waals surface area contributed by atoms with Crippen molar-refractivity contribution in [1.29, 1.82) is 0 Å². The number of rotatable bonds is 4. The van der Waals surface area contributed by atoms with E-state index in [0.29, 0.717) is 12.8 Å². The third-order valence-electron chi connectivity index (χ3n) is 4.46. The lowest BCUT2D eigenvalue weighted by molar-refractivity contribution is -0.151. The lowest BCUT2D eigenvalue weighted by Gasteiger charge is -2.35. The van der Waals surface area contributed by atoms with Gasteiger partial charge < -0.3 is 10.0 Å². The third kappa shape index (κ3) is 3.40. The summed E-state index contributed by atoms with van der Waals surface area (Å²) in [6.45, 7) is 1.42. The Morgan fingerprint density at radius 3 is 2.48 bits per heavy atom. The predicted octanol–water partition coefficient (Wildman–Crippen LogP) is 0.285. The number of aliphatic carboxylic acids is 1. The molecule has 116 valence electrons. The number of imide groups is 1. The summed E-state index contributed by atoms with van der Waals surface area (Å²) < 4.78 is 0. The second kappa shape index (κ2) is 5.83. The van der Waals surface area contributed by atoms with E-state index in [-0.39, 0.29) is 25.3 Å². The molecule has 1 saturated heterocycles. The van der Waals surface area contributed by atoms with Gasteiger partial charge in [-0.05, 0) is 25.2 Å². The summed E-state index contributed by atoms with van der Waals surface area (Å²) in [5.41, 5.74) is -0.528. The summed E-state index contributed by atoms with van der Waals surface area (Å²) >= 11 is 0. The van der Waals surface area contributed by atoms with Gasteiger partial charge in [0.1, 0.15) is 12.6 Å². The molecule has 2 rings (SSSR count). The largest absolute Gasteiger partial charge is 0.481 e. The molecule has 1 atom stereocenters. The molecule has 0 radical (unpaired) electrons. The van der Waals surface area contributed by atoms with Crippen molar-refractivity contribution in [1.82, 2.24) is 10.2 Å². The molecule has 2 fully saturated rings. The van der Waals surface area contributed by atoms with Crippen LogP contribution < -0.4 is 5.32 Å². The number of carboxylic acids is 1. The molecule has 2 N–H and O–H groups in total. The number of nitrogens with one attached hydrogen (secondary N) is 1. The molecule has 0 aromatic rings. The summed E-state index contributed by atoms with van der Waals surface area (Å²) in [6.07, 6.45) is 3.27. The van der Waals surface area contributed by atoms with Crippen molar-refractivity contribution in [2.75, 3.05) is 6.54 Å². The number of nitrogens with zero attached hydrogens (tertiary/aromatic N) is 1. The van der Waals surface area contributed by atoms with E-state index in [9.17, 15) is 19.2 Å². The number of piperazine rings is 1. The highest BCUT2D eigenvalue weighted by Crippen LogP contribution is 2.44. The number of carbonyl (C=O) groups is 4. The molecule has 0 aromatic heterocycles. The third-order valence-corrected chi connectivity index (χ3v) is 4.46. The first kappa shape index (κ1) is 15.5. The zero-order valence-corrected chi connectivity index (χ0v) is 12.1. The minimum absolute atomic E-state index is 0.0406. The second-order valence-electron chi connectivity index (χ2n) is 6.06. The van der Waals surface area contributed by atoms with Crippen molar-refractivity contribution in [2.45, 2.75) is 51.5 Å². The monoisotopic (exact) mass is 296 g/mol. The maximum atomic E-state index is 12.4. The maximum absolute atomic E-state index is 12.4. The van der Waals surface area contributed by atoms with Crippen LogP contribution in [0.1, 0.15) is 45.4 Å². The number of hydrogen-bond donors (Lipinski definition) is 2. The van der Waals surface area contributed by atoms with Crippen LogP contribution in [-0.4, -0.2) is 46.3 Å². The number of carbonyl (C=O) groups excluding carboxylic acids is 3. The zero-order valence-electron chi connectivity index (χ0n) is 12.1. The molecule has 0 bridgehead atoms. The Hall–Kier alpha value is -1.92. The fraction of sp³-hybridized carbons (Fsp3) is 0.714. The maximum Gasteiger partial charge on any atom is 0.303 e. The molecule has 1 aliphatic heterocycles. The molecular weight excluding hydrogens is 276 g/mol. The SMILES string of the molecule is CC1C(=O)NC(=O)CN1C(=O)CC1(CC(=O)O)CCCC1.